The average molecular weight is 623 g/mol. The van der Waals surface area contributed by atoms with Gasteiger partial charge in [-0.15, -0.1) is 0 Å². The molecule has 42 heavy (non-hydrogen) atoms. The molecule has 1 aromatic carbocycles. The van der Waals surface area contributed by atoms with Crippen LogP contribution in [0.15, 0.2) is 24.4 Å². The summed E-state index contributed by atoms with van der Waals surface area (Å²) in [5.74, 6) is 0.422. The van der Waals surface area contributed by atoms with Crippen molar-refractivity contribution < 1.29 is 37.4 Å². The van der Waals surface area contributed by atoms with E-state index in [9.17, 15) is 15.0 Å². The van der Waals surface area contributed by atoms with Crippen LogP contribution >= 0.6 is 0 Å². The maximum Gasteiger partial charge on any atom is 0.335 e. The van der Waals surface area contributed by atoms with Gasteiger partial charge in [-0.1, -0.05) is 55.4 Å². The van der Waals surface area contributed by atoms with Gasteiger partial charge in [0.2, 0.25) is 12.2 Å². The molecule has 3 heterocycles. The lowest BCUT2D eigenvalue weighted by Gasteiger charge is -2.54. The van der Waals surface area contributed by atoms with Crippen LogP contribution in [0.5, 0.6) is 5.75 Å². The van der Waals surface area contributed by atoms with Gasteiger partial charge in [0.05, 0.1) is 6.61 Å². The van der Waals surface area contributed by atoms with Crippen LogP contribution in [0.4, 0.5) is 0 Å². The Hall–Kier alpha value is -1.78. The molecule has 0 radical (unpaired) electrons. The summed E-state index contributed by atoms with van der Waals surface area (Å²) in [4.78, 5) is 14.5. The zero-order valence-corrected chi connectivity index (χ0v) is 28.5. The molecule has 2 fully saturated rings. The van der Waals surface area contributed by atoms with Gasteiger partial charge in [0.1, 0.15) is 30.2 Å². The van der Waals surface area contributed by atoms with E-state index >= 15 is 0 Å². The molecule has 1 amide bonds. The summed E-state index contributed by atoms with van der Waals surface area (Å²) in [5.41, 5.74) is 2.45. The Labute approximate surface area is 251 Å². The molecule has 4 N–H and O–H groups in total. The standard InChI is InChI=1S/C30H50N2O8Si2/c1-17(2)41(18(3)4)36-16-26-29(39-42(40-41,19(5)6)20(7)8)27(34)28(35)30(38-26)37-23-10-11-25-24(14-23)22(15-32-25)12-13-31-21(9)33/h10-11,14-15,17-20,26-30,32,34-35H,12-13,16H2,1-9H3,(H,31,33)/t26-,27-,28-,29-,30-/m1/s1. The summed E-state index contributed by atoms with van der Waals surface area (Å²) in [6.07, 6.45) is -2.65. The molecule has 5 atom stereocenters. The third kappa shape index (κ3) is 6.36. The first-order chi connectivity index (χ1) is 19.7. The predicted molar refractivity (Wildman–Crippen MR) is 166 cm³/mol. The fourth-order valence-corrected chi connectivity index (χ4v) is 17.6. The number of benzene rings is 1. The fourth-order valence-electron chi connectivity index (χ4n) is 6.37. The number of carbonyl (C=O) groups is 1. The molecule has 2 aliphatic rings. The van der Waals surface area contributed by atoms with E-state index in [1.165, 1.54) is 6.92 Å². The summed E-state index contributed by atoms with van der Waals surface area (Å²) < 4.78 is 33.4. The van der Waals surface area contributed by atoms with Gasteiger partial charge in [-0.3, -0.25) is 4.79 Å². The van der Waals surface area contributed by atoms with Crippen LogP contribution in [0.1, 0.15) is 67.9 Å². The summed E-state index contributed by atoms with van der Waals surface area (Å²) in [7, 11) is -5.79. The van der Waals surface area contributed by atoms with Gasteiger partial charge in [0.15, 0.2) is 0 Å². The Morgan fingerprint density at radius 2 is 1.67 bits per heavy atom. The maximum absolute atomic E-state index is 11.5. The number of hydrogen-bond donors (Lipinski definition) is 4. The molecule has 236 valence electrons. The van der Waals surface area contributed by atoms with Crippen molar-refractivity contribution in [3.8, 4) is 5.75 Å². The zero-order chi connectivity index (χ0) is 31.0. The largest absolute Gasteiger partial charge is 0.462 e. The lowest BCUT2D eigenvalue weighted by atomic mass is 9.99. The number of aromatic amines is 1. The highest BCUT2D eigenvalue weighted by molar-refractivity contribution is 6.84. The molecule has 2 saturated heterocycles. The number of fused-ring (bicyclic) bond motifs is 2. The van der Waals surface area contributed by atoms with Crippen molar-refractivity contribution in [1.82, 2.24) is 10.3 Å². The molecule has 0 aliphatic carbocycles. The number of aliphatic hydroxyl groups is 2. The number of nitrogens with one attached hydrogen (secondary N) is 2. The van der Waals surface area contributed by atoms with Crippen molar-refractivity contribution in [2.24, 2.45) is 0 Å². The van der Waals surface area contributed by atoms with Gasteiger partial charge >= 0.3 is 17.1 Å². The van der Waals surface area contributed by atoms with E-state index in [1.807, 2.05) is 18.3 Å². The van der Waals surface area contributed by atoms with Crippen molar-refractivity contribution in [3.63, 3.8) is 0 Å². The smallest absolute Gasteiger partial charge is 0.335 e. The second kappa shape index (κ2) is 13.1. The van der Waals surface area contributed by atoms with Gasteiger partial charge in [-0.05, 0) is 52.3 Å². The monoisotopic (exact) mass is 622 g/mol. The quantitative estimate of drug-likeness (QED) is 0.298. The van der Waals surface area contributed by atoms with E-state index in [1.54, 1.807) is 6.07 Å². The Morgan fingerprint density at radius 1 is 1.02 bits per heavy atom. The summed E-state index contributed by atoms with van der Waals surface area (Å²) >= 11 is 0. The molecule has 2 aromatic rings. The van der Waals surface area contributed by atoms with E-state index in [2.05, 4.69) is 65.7 Å². The lowest BCUT2D eigenvalue weighted by Crippen LogP contribution is -2.70. The van der Waals surface area contributed by atoms with Crippen LogP contribution in [0.25, 0.3) is 10.9 Å². The first-order valence-corrected chi connectivity index (χ1v) is 19.2. The molecular formula is C30H50N2O8Si2. The highest BCUT2D eigenvalue weighted by atomic mass is 28.5. The minimum absolute atomic E-state index is 0.0729. The normalized spacial score (nSPS) is 27.7. The topological polar surface area (TPSA) is 132 Å². The Morgan fingerprint density at radius 3 is 2.26 bits per heavy atom. The highest BCUT2D eigenvalue weighted by Gasteiger charge is 2.61. The molecule has 12 heteroatoms. The van der Waals surface area contributed by atoms with Crippen molar-refractivity contribution >= 4 is 33.9 Å². The van der Waals surface area contributed by atoms with Crippen LogP contribution in [0, 0.1) is 0 Å². The number of aliphatic hydroxyl groups excluding tert-OH is 2. The van der Waals surface area contributed by atoms with E-state index in [0.717, 1.165) is 16.5 Å². The van der Waals surface area contributed by atoms with Crippen LogP contribution in [0.3, 0.4) is 0 Å². The first-order valence-electron chi connectivity index (χ1n) is 15.3. The third-order valence-corrected chi connectivity index (χ3v) is 19.0. The van der Waals surface area contributed by atoms with Gasteiger partial charge in [0, 0.05) is 30.6 Å². The summed E-state index contributed by atoms with van der Waals surface area (Å²) in [6.45, 7) is 19.2. The molecule has 4 rings (SSSR count). The Balaban J connectivity index is 1.62. The number of hydrogen-bond acceptors (Lipinski definition) is 8. The van der Waals surface area contributed by atoms with Gasteiger partial charge in [-0.25, -0.2) is 0 Å². The van der Waals surface area contributed by atoms with E-state index in [4.69, 9.17) is 22.4 Å². The van der Waals surface area contributed by atoms with Crippen LogP contribution < -0.4 is 10.1 Å². The molecule has 0 bridgehead atoms. The van der Waals surface area contributed by atoms with Crippen LogP contribution in [-0.2, 0) is 28.9 Å². The molecule has 0 unspecified atom stereocenters. The number of ether oxygens (including phenoxy) is 2. The van der Waals surface area contributed by atoms with Gasteiger partial charge in [0.25, 0.3) is 0 Å². The summed E-state index contributed by atoms with van der Waals surface area (Å²) in [6, 6.07) is 5.58. The van der Waals surface area contributed by atoms with Crippen LogP contribution in [-0.4, -0.2) is 82.1 Å². The fraction of sp³-hybridized carbons (Fsp3) is 0.700. The van der Waals surface area contributed by atoms with E-state index in [0.29, 0.717) is 18.7 Å². The average Bonchev–Trinajstić information content (AvgIpc) is 3.30. The minimum atomic E-state index is -2.99. The second-order valence-electron chi connectivity index (χ2n) is 13.0. The Kier molecular flexibility index (Phi) is 10.3. The number of carbonyl (C=O) groups excluding carboxylic acids is 1. The lowest BCUT2D eigenvalue weighted by molar-refractivity contribution is -0.277. The molecule has 10 nitrogen and oxygen atoms in total. The van der Waals surface area contributed by atoms with Crippen molar-refractivity contribution in [1.29, 1.82) is 0 Å². The van der Waals surface area contributed by atoms with Gasteiger partial charge < -0.3 is 43.0 Å². The van der Waals surface area contributed by atoms with Gasteiger partial charge in [-0.2, -0.15) is 0 Å². The second-order valence-corrected chi connectivity index (χ2v) is 21.8. The van der Waals surface area contributed by atoms with Crippen molar-refractivity contribution in [3.05, 3.63) is 30.0 Å². The molecule has 1 aromatic heterocycles. The van der Waals surface area contributed by atoms with E-state index in [-0.39, 0.29) is 34.7 Å². The number of aromatic nitrogens is 1. The molecular weight excluding hydrogens is 573 g/mol. The first kappa shape index (κ1) is 33.1. The number of amides is 1. The Bertz CT molecular complexity index is 1200. The molecule has 0 saturated carbocycles. The predicted octanol–water partition coefficient (Wildman–Crippen LogP) is 4.63. The minimum Gasteiger partial charge on any atom is -0.462 e. The van der Waals surface area contributed by atoms with E-state index < -0.39 is 47.8 Å². The summed E-state index contributed by atoms with van der Waals surface area (Å²) in [5, 5.41) is 26.5. The molecule has 0 spiro atoms. The highest BCUT2D eigenvalue weighted by Crippen LogP contribution is 2.47. The number of rotatable bonds is 9. The SMILES string of the molecule is CC(=O)NCCc1c[nH]c2ccc(O[C@@H]3O[C@@H]4CO[Si](C(C)C)(C(C)C)O[Si](C(C)C)(C(C)C)O[C@H]4[C@H](O)[C@H]3O)cc12. The zero-order valence-electron chi connectivity index (χ0n) is 26.5. The number of H-pyrrole nitrogens is 1. The van der Waals surface area contributed by atoms with Crippen molar-refractivity contribution in [2.75, 3.05) is 13.2 Å². The van der Waals surface area contributed by atoms with Crippen LogP contribution in [0.2, 0.25) is 22.2 Å². The molecule has 2 aliphatic heterocycles. The maximum atomic E-state index is 11.5. The third-order valence-electron chi connectivity index (χ3n) is 8.73. The van der Waals surface area contributed by atoms with Crippen molar-refractivity contribution in [2.45, 2.75) is 122 Å².